The van der Waals surface area contributed by atoms with Gasteiger partial charge in [0.1, 0.15) is 5.75 Å². The third kappa shape index (κ3) is 7.48. The van der Waals surface area contributed by atoms with E-state index >= 15 is 0 Å². The van der Waals surface area contributed by atoms with E-state index in [0.717, 1.165) is 17.7 Å². The average molecular weight is 545 g/mol. The molecule has 1 saturated carbocycles. The molecule has 1 aliphatic carbocycles. The molecule has 0 saturated heterocycles. The molecule has 0 spiro atoms. The molecule has 4 aromatic rings. The number of carbonyl (C=O) groups is 1. The van der Waals surface area contributed by atoms with Gasteiger partial charge in [-0.2, -0.15) is 0 Å². The van der Waals surface area contributed by atoms with Crippen LogP contribution >= 0.6 is 7.82 Å². The largest absolute Gasteiger partial charge is 0.524 e. The van der Waals surface area contributed by atoms with Crippen molar-refractivity contribution in [1.82, 2.24) is 0 Å². The van der Waals surface area contributed by atoms with Crippen molar-refractivity contribution in [1.29, 1.82) is 0 Å². The van der Waals surface area contributed by atoms with E-state index in [1.54, 1.807) is 18.2 Å². The number of benzene rings is 4. The fraction of sp³-hybridized carbons (Fsp3) is 0.258. The Balaban J connectivity index is 1.34. The second-order valence-electron chi connectivity index (χ2n) is 10.2. The highest BCUT2D eigenvalue weighted by atomic mass is 31.2. The van der Waals surface area contributed by atoms with Gasteiger partial charge in [-0.1, -0.05) is 74.6 Å². The zero-order chi connectivity index (χ0) is 27.2. The molecule has 4 aromatic carbocycles. The summed E-state index contributed by atoms with van der Waals surface area (Å²) in [5.41, 5.74) is 4.25. The number of hydrogen-bond donors (Lipinski definition) is 4. The number of rotatable bonds is 9. The summed E-state index contributed by atoms with van der Waals surface area (Å²) >= 11 is 0. The van der Waals surface area contributed by atoms with E-state index in [4.69, 9.17) is 9.79 Å². The van der Waals surface area contributed by atoms with Crippen molar-refractivity contribution in [2.75, 3.05) is 10.6 Å². The Morgan fingerprint density at radius 3 is 2.46 bits per heavy atom. The number of anilines is 2. The highest BCUT2D eigenvalue weighted by molar-refractivity contribution is 7.46. The molecule has 0 bridgehead atoms. The van der Waals surface area contributed by atoms with E-state index in [0.29, 0.717) is 23.7 Å². The molecule has 1 amide bonds. The number of phosphoric ester groups is 1. The van der Waals surface area contributed by atoms with Crippen LogP contribution in [0, 0.1) is 5.92 Å². The summed E-state index contributed by atoms with van der Waals surface area (Å²) in [4.78, 5) is 31.3. The van der Waals surface area contributed by atoms with Gasteiger partial charge in [-0.15, -0.1) is 0 Å². The number of fused-ring (bicyclic) bond motifs is 1. The van der Waals surface area contributed by atoms with Crippen molar-refractivity contribution in [3.63, 3.8) is 0 Å². The van der Waals surface area contributed by atoms with Crippen LogP contribution in [-0.2, 0) is 17.5 Å². The van der Waals surface area contributed by atoms with Crippen LogP contribution in [0.25, 0.3) is 10.8 Å². The molecule has 202 valence electrons. The lowest BCUT2D eigenvalue weighted by Gasteiger charge is -2.23. The van der Waals surface area contributed by atoms with E-state index in [9.17, 15) is 9.36 Å². The van der Waals surface area contributed by atoms with Gasteiger partial charge in [0.05, 0.1) is 0 Å². The van der Waals surface area contributed by atoms with Gasteiger partial charge in [0.2, 0.25) is 0 Å². The predicted octanol–water partition coefficient (Wildman–Crippen LogP) is 7.30. The van der Waals surface area contributed by atoms with Gasteiger partial charge in [0.15, 0.2) is 0 Å². The Morgan fingerprint density at radius 2 is 1.67 bits per heavy atom. The lowest BCUT2D eigenvalue weighted by molar-refractivity contribution is 0.102. The molecule has 0 atom stereocenters. The monoisotopic (exact) mass is 544 g/mol. The van der Waals surface area contributed by atoms with E-state index in [1.165, 1.54) is 60.6 Å². The fourth-order valence-corrected chi connectivity index (χ4v) is 5.68. The predicted molar refractivity (Wildman–Crippen MR) is 155 cm³/mol. The summed E-state index contributed by atoms with van der Waals surface area (Å²) in [6.07, 6.45) is 7.10. The van der Waals surface area contributed by atoms with Gasteiger partial charge in [-0.05, 0) is 70.6 Å². The first-order valence-electron chi connectivity index (χ1n) is 13.3. The number of phosphoric acid groups is 1. The molecular weight excluding hydrogens is 511 g/mol. The molecule has 4 N–H and O–H groups in total. The van der Waals surface area contributed by atoms with E-state index in [1.807, 2.05) is 24.3 Å². The molecule has 0 aliphatic heterocycles. The van der Waals surface area contributed by atoms with Gasteiger partial charge in [0, 0.05) is 29.5 Å². The van der Waals surface area contributed by atoms with Crippen LogP contribution in [0.3, 0.4) is 0 Å². The average Bonchev–Trinajstić information content (AvgIpc) is 2.92. The lowest BCUT2D eigenvalue weighted by Crippen LogP contribution is -2.15. The lowest BCUT2D eigenvalue weighted by atomic mass is 9.84. The van der Waals surface area contributed by atoms with Gasteiger partial charge in [-0.3, -0.25) is 14.6 Å². The van der Waals surface area contributed by atoms with E-state index in [-0.39, 0.29) is 11.7 Å². The zero-order valence-corrected chi connectivity index (χ0v) is 22.6. The Morgan fingerprint density at radius 1 is 0.872 bits per heavy atom. The van der Waals surface area contributed by atoms with Crippen molar-refractivity contribution in [3.05, 3.63) is 102 Å². The van der Waals surface area contributed by atoms with Crippen LogP contribution in [0.2, 0.25) is 0 Å². The molecule has 7 nitrogen and oxygen atoms in total. The van der Waals surface area contributed by atoms with Crippen molar-refractivity contribution in [2.45, 2.75) is 45.1 Å². The van der Waals surface area contributed by atoms with Gasteiger partial charge >= 0.3 is 7.82 Å². The smallest absolute Gasteiger partial charge is 0.404 e. The molecule has 1 fully saturated rings. The van der Waals surface area contributed by atoms with Crippen LogP contribution < -0.4 is 15.2 Å². The molecule has 0 unspecified atom stereocenters. The molecule has 8 heteroatoms. The summed E-state index contributed by atoms with van der Waals surface area (Å²) in [7, 11) is -4.69. The van der Waals surface area contributed by atoms with Crippen LogP contribution in [0.5, 0.6) is 5.75 Å². The maximum absolute atomic E-state index is 13.1. The second-order valence-corrected chi connectivity index (χ2v) is 11.3. The summed E-state index contributed by atoms with van der Waals surface area (Å²) in [5, 5.41) is 8.85. The zero-order valence-electron chi connectivity index (χ0n) is 21.7. The molecule has 39 heavy (non-hydrogen) atoms. The number of hydrogen-bond acceptors (Lipinski definition) is 4. The van der Waals surface area contributed by atoms with Gasteiger partial charge < -0.3 is 15.2 Å². The quantitative estimate of drug-likeness (QED) is 0.165. The topological polar surface area (TPSA) is 108 Å². The van der Waals surface area contributed by atoms with Crippen molar-refractivity contribution in [2.24, 2.45) is 5.92 Å². The summed E-state index contributed by atoms with van der Waals surface area (Å²) in [6.45, 7) is 0.681. The minimum Gasteiger partial charge on any atom is -0.404 e. The highest BCUT2D eigenvalue weighted by Gasteiger charge is 2.19. The minimum absolute atomic E-state index is 0.0210. The van der Waals surface area contributed by atoms with Crippen molar-refractivity contribution in [3.8, 4) is 5.75 Å². The third-order valence-corrected chi connectivity index (χ3v) is 7.66. The fourth-order valence-electron chi connectivity index (χ4n) is 5.30. The molecule has 0 aromatic heterocycles. The van der Waals surface area contributed by atoms with Gasteiger partial charge in [-0.25, -0.2) is 4.57 Å². The number of nitrogens with one attached hydrogen (secondary N) is 2. The number of amides is 1. The van der Waals surface area contributed by atoms with E-state index in [2.05, 4.69) is 45.5 Å². The van der Waals surface area contributed by atoms with Crippen LogP contribution in [-0.4, -0.2) is 15.7 Å². The van der Waals surface area contributed by atoms with E-state index < -0.39 is 7.82 Å². The second kappa shape index (κ2) is 12.0. The first kappa shape index (κ1) is 26.9. The van der Waals surface area contributed by atoms with Crippen molar-refractivity contribution < 1.29 is 23.7 Å². The van der Waals surface area contributed by atoms with Crippen molar-refractivity contribution >= 4 is 35.9 Å². The maximum Gasteiger partial charge on any atom is 0.524 e. The number of carbonyl (C=O) groups excluding carboxylic acids is 1. The Labute approximate surface area is 228 Å². The normalized spacial score (nSPS) is 14.2. The Hall–Kier alpha value is -3.64. The van der Waals surface area contributed by atoms with Gasteiger partial charge in [0.25, 0.3) is 5.91 Å². The van der Waals surface area contributed by atoms with Crippen LogP contribution in [0.4, 0.5) is 11.4 Å². The summed E-state index contributed by atoms with van der Waals surface area (Å²) in [5.74, 6) is 0.279. The first-order chi connectivity index (χ1) is 18.8. The molecular formula is C31H33N2O5P. The molecule has 1 aliphatic rings. The van der Waals surface area contributed by atoms with Crippen LogP contribution in [0.15, 0.2) is 84.9 Å². The minimum atomic E-state index is -4.69. The SMILES string of the molecule is O=C(Nc1cccc(OP(=O)(O)O)c1)c1ccc(NCc2ccc3ccccc3c2)c(CC2CCCCC2)c1. The summed E-state index contributed by atoms with van der Waals surface area (Å²) < 4.78 is 15.8. The third-order valence-electron chi connectivity index (χ3n) is 7.21. The highest BCUT2D eigenvalue weighted by Crippen LogP contribution is 2.38. The Bertz CT molecular complexity index is 1510. The molecule has 5 rings (SSSR count). The summed E-state index contributed by atoms with van der Waals surface area (Å²) in [6, 6.07) is 26.6. The standard InChI is InChI=1S/C31H33N2O5P/c34-31(33-28-11-6-12-29(20-28)38-39(35,36)37)26-15-16-30(27(19-26)17-22-7-2-1-3-8-22)32-21-23-13-14-24-9-4-5-10-25(24)18-23/h4-6,9-16,18-20,22,32H,1-3,7-8,17,21H2,(H,33,34)(H2,35,36,37). The van der Waals surface area contributed by atoms with Crippen LogP contribution in [0.1, 0.15) is 53.6 Å². The maximum atomic E-state index is 13.1. The molecule has 0 radical (unpaired) electrons. The Kier molecular flexibility index (Phi) is 8.32. The molecule has 0 heterocycles. The first-order valence-corrected chi connectivity index (χ1v) is 14.9.